The second-order valence-corrected chi connectivity index (χ2v) is 4.20. The van der Waals surface area contributed by atoms with Gasteiger partial charge in [-0.2, -0.15) is 0 Å². The Kier molecular flexibility index (Phi) is 2.85. The summed E-state index contributed by atoms with van der Waals surface area (Å²) in [6.07, 6.45) is 0. The van der Waals surface area contributed by atoms with Crippen molar-refractivity contribution in [3.63, 3.8) is 0 Å². The van der Waals surface area contributed by atoms with E-state index in [0.717, 1.165) is 0 Å². The van der Waals surface area contributed by atoms with Crippen LogP contribution in [0.4, 0.5) is 11.4 Å². The molecule has 1 amide bonds. The Balaban J connectivity index is 2.84. The van der Waals surface area contributed by atoms with E-state index in [1.165, 1.54) is 35.2 Å². The number of carbonyl (C=O) groups is 1. The normalized spacial score (nSPS) is 10.7. The average molecular weight is 264 g/mol. The van der Waals surface area contributed by atoms with E-state index in [2.05, 4.69) is 5.32 Å². The molecular formula is C11H12N4O4. The molecule has 0 unspecified atom stereocenters. The number of imidazole rings is 1. The number of benzene rings is 1. The molecule has 8 nitrogen and oxygen atoms in total. The fraction of sp³-hybridized carbons (Fsp3) is 0.273. The van der Waals surface area contributed by atoms with Crippen molar-refractivity contribution in [1.29, 1.82) is 0 Å². The highest BCUT2D eigenvalue weighted by atomic mass is 16.6. The monoisotopic (exact) mass is 264 g/mol. The van der Waals surface area contributed by atoms with Gasteiger partial charge in [-0.1, -0.05) is 0 Å². The Morgan fingerprint density at radius 2 is 1.79 bits per heavy atom. The number of hydrogen-bond acceptors (Lipinski definition) is 4. The fourth-order valence-corrected chi connectivity index (χ4v) is 1.97. The van der Waals surface area contributed by atoms with Crippen molar-refractivity contribution in [3.05, 3.63) is 32.7 Å². The van der Waals surface area contributed by atoms with Crippen LogP contribution in [0.15, 0.2) is 16.9 Å². The van der Waals surface area contributed by atoms with Crippen molar-refractivity contribution in [2.75, 3.05) is 5.32 Å². The van der Waals surface area contributed by atoms with Gasteiger partial charge in [-0.05, 0) is 6.07 Å². The molecule has 1 aromatic carbocycles. The van der Waals surface area contributed by atoms with Crippen molar-refractivity contribution in [2.24, 2.45) is 14.1 Å². The van der Waals surface area contributed by atoms with Gasteiger partial charge >= 0.3 is 5.69 Å². The predicted molar refractivity (Wildman–Crippen MR) is 69.1 cm³/mol. The molecule has 0 atom stereocenters. The zero-order valence-corrected chi connectivity index (χ0v) is 10.6. The SMILES string of the molecule is CC(=O)Nc1cc2c(cc1[N+](=O)[O-])n(C)c(=O)n2C. The molecule has 0 aliphatic carbocycles. The summed E-state index contributed by atoms with van der Waals surface area (Å²) >= 11 is 0. The van der Waals surface area contributed by atoms with Crippen LogP contribution >= 0.6 is 0 Å². The molecule has 8 heteroatoms. The highest BCUT2D eigenvalue weighted by molar-refractivity contribution is 5.95. The van der Waals surface area contributed by atoms with Crippen LogP contribution in [0.3, 0.4) is 0 Å². The molecule has 1 aromatic heterocycles. The molecule has 1 heterocycles. The van der Waals surface area contributed by atoms with Gasteiger partial charge in [0.15, 0.2) is 0 Å². The van der Waals surface area contributed by atoms with Gasteiger partial charge in [-0.15, -0.1) is 0 Å². The zero-order chi connectivity index (χ0) is 14.3. The number of hydrogen-bond donors (Lipinski definition) is 1. The van der Waals surface area contributed by atoms with Gasteiger partial charge < -0.3 is 5.32 Å². The van der Waals surface area contributed by atoms with Gasteiger partial charge in [-0.25, -0.2) is 4.79 Å². The quantitative estimate of drug-likeness (QED) is 0.638. The molecule has 0 radical (unpaired) electrons. The maximum atomic E-state index is 11.8. The summed E-state index contributed by atoms with van der Waals surface area (Å²) in [6, 6.07) is 2.71. The molecule has 0 spiro atoms. The standard InChI is InChI=1S/C11H12N4O4/c1-6(16)12-7-4-9-10(5-8(7)15(18)19)14(3)11(17)13(9)2/h4-5H,1-3H3,(H,12,16). The number of rotatable bonds is 2. The first kappa shape index (κ1) is 12.8. The minimum atomic E-state index is -0.595. The number of anilines is 1. The third-order valence-electron chi connectivity index (χ3n) is 2.90. The topological polar surface area (TPSA) is 99.2 Å². The molecule has 0 aliphatic heterocycles. The van der Waals surface area contributed by atoms with Crippen LogP contribution in [0, 0.1) is 10.1 Å². The van der Waals surface area contributed by atoms with E-state index in [0.29, 0.717) is 11.0 Å². The van der Waals surface area contributed by atoms with E-state index >= 15 is 0 Å². The minimum Gasteiger partial charge on any atom is -0.321 e. The van der Waals surface area contributed by atoms with Crippen LogP contribution in [0.1, 0.15) is 6.92 Å². The van der Waals surface area contributed by atoms with Crippen molar-refractivity contribution in [2.45, 2.75) is 6.92 Å². The number of nitro groups is 1. The summed E-state index contributed by atoms with van der Waals surface area (Å²) in [5.74, 6) is -0.414. The van der Waals surface area contributed by atoms with Gasteiger partial charge in [0.2, 0.25) is 5.91 Å². The van der Waals surface area contributed by atoms with E-state index in [1.807, 2.05) is 0 Å². The lowest BCUT2D eigenvalue weighted by molar-refractivity contribution is -0.383. The van der Waals surface area contributed by atoms with E-state index in [-0.39, 0.29) is 17.1 Å². The zero-order valence-electron chi connectivity index (χ0n) is 10.6. The molecule has 0 saturated carbocycles. The second-order valence-electron chi connectivity index (χ2n) is 4.20. The van der Waals surface area contributed by atoms with E-state index < -0.39 is 10.8 Å². The van der Waals surface area contributed by atoms with Crippen LogP contribution < -0.4 is 11.0 Å². The lowest BCUT2D eigenvalue weighted by atomic mass is 10.2. The van der Waals surface area contributed by atoms with Crippen LogP contribution in [0.5, 0.6) is 0 Å². The average Bonchev–Trinajstić information content (AvgIpc) is 2.53. The van der Waals surface area contributed by atoms with Crippen molar-refractivity contribution in [3.8, 4) is 0 Å². The smallest absolute Gasteiger partial charge is 0.321 e. The number of nitro benzene ring substituents is 1. The molecule has 0 bridgehead atoms. The Morgan fingerprint density at radius 3 is 2.26 bits per heavy atom. The van der Waals surface area contributed by atoms with E-state index in [1.54, 1.807) is 7.05 Å². The Bertz CT molecular complexity index is 756. The number of nitrogens with zero attached hydrogens (tertiary/aromatic N) is 3. The second kappa shape index (κ2) is 4.23. The summed E-state index contributed by atoms with van der Waals surface area (Å²) in [5, 5.41) is 13.4. The third kappa shape index (κ3) is 1.96. The van der Waals surface area contributed by atoms with E-state index in [4.69, 9.17) is 0 Å². The molecule has 0 fully saturated rings. The highest BCUT2D eigenvalue weighted by Crippen LogP contribution is 2.29. The number of nitrogens with one attached hydrogen (secondary N) is 1. The van der Waals surface area contributed by atoms with Crippen LogP contribution in [0.2, 0.25) is 0 Å². The third-order valence-corrected chi connectivity index (χ3v) is 2.90. The number of amides is 1. The van der Waals surface area contributed by atoms with Gasteiger partial charge in [-0.3, -0.25) is 24.0 Å². The summed E-state index contributed by atoms with van der Waals surface area (Å²) in [4.78, 5) is 33.3. The van der Waals surface area contributed by atoms with Crippen molar-refractivity contribution < 1.29 is 9.72 Å². The summed E-state index contributed by atoms with van der Waals surface area (Å²) in [5.41, 5.74) is 0.495. The van der Waals surface area contributed by atoms with Crippen molar-refractivity contribution >= 4 is 28.3 Å². The summed E-state index contributed by atoms with van der Waals surface area (Å²) in [6.45, 7) is 1.26. The van der Waals surface area contributed by atoms with Crippen LogP contribution in [0.25, 0.3) is 11.0 Å². The number of fused-ring (bicyclic) bond motifs is 1. The van der Waals surface area contributed by atoms with Crippen molar-refractivity contribution in [1.82, 2.24) is 9.13 Å². The molecular weight excluding hydrogens is 252 g/mol. The lowest BCUT2D eigenvalue weighted by Gasteiger charge is -2.04. The molecule has 1 N–H and O–H groups in total. The summed E-state index contributed by atoms with van der Waals surface area (Å²) < 4.78 is 2.68. The molecule has 100 valence electrons. The maximum absolute atomic E-state index is 11.8. The Hall–Kier alpha value is -2.64. The first-order chi connectivity index (χ1) is 8.82. The number of aromatic nitrogens is 2. The van der Waals surface area contributed by atoms with Gasteiger partial charge in [0.25, 0.3) is 5.69 Å². The lowest BCUT2D eigenvalue weighted by Crippen LogP contribution is -2.19. The first-order valence-corrected chi connectivity index (χ1v) is 5.44. The van der Waals surface area contributed by atoms with Crippen LogP contribution in [-0.2, 0) is 18.9 Å². The molecule has 0 aliphatic rings. The van der Waals surface area contributed by atoms with E-state index in [9.17, 15) is 19.7 Å². The van der Waals surface area contributed by atoms with Gasteiger partial charge in [0, 0.05) is 27.1 Å². The first-order valence-electron chi connectivity index (χ1n) is 5.44. The Morgan fingerprint density at radius 1 is 1.26 bits per heavy atom. The molecule has 2 aromatic rings. The largest absolute Gasteiger partial charge is 0.328 e. The van der Waals surface area contributed by atoms with Gasteiger partial charge in [0.1, 0.15) is 5.69 Å². The highest BCUT2D eigenvalue weighted by Gasteiger charge is 2.19. The minimum absolute atomic E-state index is 0.0752. The molecule has 2 rings (SSSR count). The van der Waals surface area contributed by atoms with Crippen LogP contribution in [-0.4, -0.2) is 20.0 Å². The number of aryl methyl sites for hydroxylation is 2. The maximum Gasteiger partial charge on any atom is 0.328 e. The van der Waals surface area contributed by atoms with Gasteiger partial charge in [0.05, 0.1) is 16.0 Å². The Labute approximate surface area is 107 Å². The molecule has 0 saturated heterocycles. The molecule has 19 heavy (non-hydrogen) atoms. The fourth-order valence-electron chi connectivity index (χ4n) is 1.97. The predicted octanol–water partition coefficient (Wildman–Crippen LogP) is 0.744. The number of carbonyl (C=O) groups excluding carboxylic acids is 1. The summed E-state index contributed by atoms with van der Waals surface area (Å²) in [7, 11) is 3.10.